The van der Waals surface area contributed by atoms with Crippen LogP contribution in [0.25, 0.3) is 0 Å². The monoisotopic (exact) mass is 238 g/mol. The minimum Gasteiger partial charge on any atom is -0.478 e. The van der Waals surface area contributed by atoms with Crippen LogP contribution >= 0.6 is 0 Å². The molecule has 0 aliphatic carbocycles. The van der Waals surface area contributed by atoms with Gasteiger partial charge in [-0.25, -0.2) is 4.98 Å². The van der Waals surface area contributed by atoms with Gasteiger partial charge in [-0.2, -0.15) is 4.98 Å². The first-order valence-corrected chi connectivity index (χ1v) is 6.27. The number of ether oxygens (including phenoxy) is 1. The zero-order chi connectivity index (χ0) is 12.3. The van der Waals surface area contributed by atoms with Crippen LogP contribution in [0.1, 0.15) is 26.7 Å². The zero-order valence-electron chi connectivity index (χ0n) is 10.7. The number of rotatable bonds is 9. The van der Waals surface area contributed by atoms with E-state index in [0.717, 1.165) is 32.5 Å². The smallest absolute Gasteiger partial charge is 0.225 e. The molecule has 1 rings (SSSR count). The first-order valence-electron chi connectivity index (χ1n) is 6.27. The van der Waals surface area contributed by atoms with Crippen LogP contribution in [-0.2, 0) is 0 Å². The summed E-state index contributed by atoms with van der Waals surface area (Å²) in [6, 6.07) is 1.77. The van der Waals surface area contributed by atoms with E-state index in [2.05, 4.69) is 34.4 Å². The Morgan fingerprint density at radius 3 is 2.82 bits per heavy atom. The number of anilines is 1. The normalized spacial score (nSPS) is 10.2. The maximum absolute atomic E-state index is 5.43. The average Bonchev–Trinajstić information content (AvgIpc) is 2.37. The highest BCUT2D eigenvalue weighted by Crippen LogP contribution is 2.07. The Bertz CT molecular complexity index is 306. The summed E-state index contributed by atoms with van der Waals surface area (Å²) in [6.45, 7) is 7.68. The Morgan fingerprint density at radius 2 is 2.06 bits per heavy atom. The molecule has 0 aliphatic rings. The summed E-state index contributed by atoms with van der Waals surface area (Å²) in [4.78, 5) is 8.39. The van der Waals surface area contributed by atoms with Gasteiger partial charge in [0.25, 0.3) is 0 Å². The van der Waals surface area contributed by atoms with Gasteiger partial charge >= 0.3 is 0 Å². The number of nitrogens with zero attached hydrogens (tertiary/aromatic N) is 2. The Kier molecular flexibility index (Phi) is 7.06. The van der Waals surface area contributed by atoms with E-state index in [0.29, 0.717) is 18.4 Å². The van der Waals surface area contributed by atoms with Gasteiger partial charge in [-0.3, -0.25) is 0 Å². The van der Waals surface area contributed by atoms with Crippen molar-refractivity contribution in [3.63, 3.8) is 0 Å². The van der Waals surface area contributed by atoms with E-state index in [1.54, 1.807) is 12.3 Å². The zero-order valence-corrected chi connectivity index (χ0v) is 10.7. The molecule has 1 aromatic heterocycles. The van der Waals surface area contributed by atoms with Crippen LogP contribution in [0.2, 0.25) is 0 Å². The molecule has 5 nitrogen and oxygen atoms in total. The van der Waals surface area contributed by atoms with Gasteiger partial charge in [-0.1, -0.05) is 13.8 Å². The van der Waals surface area contributed by atoms with Gasteiger partial charge in [-0.15, -0.1) is 0 Å². The highest BCUT2D eigenvalue weighted by atomic mass is 16.5. The molecular weight excluding hydrogens is 216 g/mol. The first kappa shape index (κ1) is 13.7. The second kappa shape index (κ2) is 8.75. The molecule has 0 unspecified atom stereocenters. The lowest BCUT2D eigenvalue weighted by molar-refractivity contribution is 0.305. The van der Waals surface area contributed by atoms with Gasteiger partial charge in [0, 0.05) is 25.4 Å². The van der Waals surface area contributed by atoms with Crippen LogP contribution in [-0.4, -0.2) is 36.2 Å². The second-order valence-electron chi connectivity index (χ2n) is 3.74. The van der Waals surface area contributed by atoms with Crippen molar-refractivity contribution in [2.45, 2.75) is 26.7 Å². The molecule has 0 aromatic carbocycles. The van der Waals surface area contributed by atoms with Crippen molar-refractivity contribution in [2.75, 3.05) is 31.6 Å². The number of aromatic nitrogens is 2. The Labute approximate surface area is 103 Å². The lowest BCUT2D eigenvalue weighted by Crippen LogP contribution is -2.23. The standard InChI is InChI=1S/C12H22N4O/c1-3-6-13-8-9-15-12-14-7-5-11(16-12)17-10-4-2/h5,7,13H,3-4,6,8-10H2,1-2H3,(H,14,15,16). The summed E-state index contributed by atoms with van der Waals surface area (Å²) in [7, 11) is 0. The summed E-state index contributed by atoms with van der Waals surface area (Å²) >= 11 is 0. The molecule has 1 aromatic rings. The maximum atomic E-state index is 5.43. The minimum atomic E-state index is 0.622. The van der Waals surface area contributed by atoms with E-state index in [9.17, 15) is 0 Å². The largest absolute Gasteiger partial charge is 0.478 e. The SMILES string of the molecule is CCCNCCNc1nccc(OCCC)n1. The van der Waals surface area contributed by atoms with E-state index >= 15 is 0 Å². The number of hydrogen-bond donors (Lipinski definition) is 2. The third-order valence-corrected chi connectivity index (χ3v) is 2.10. The second-order valence-corrected chi connectivity index (χ2v) is 3.74. The topological polar surface area (TPSA) is 59.1 Å². The predicted molar refractivity (Wildman–Crippen MR) is 69.5 cm³/mol. The molecule has 0 spiro atoms. The van der Waals surface area contributed by atoms with Crippen LogP contribution in [0.15, 0.2) is 12.3 Å². The predicted octanol–water partition coefficient (Wildman–Crippen LogP) is 1.68. The minimum absolute atomic E-state index is 0.622. The third-order valence-electron chi connectivity index (χ3n) is 2.10. The van der Waals surface area contributed by atoms with Crippen LogP contribution in [0.4, 0.5) is 5.95 Å². The summed E-state index contributed by atoms with van der Waals surface area (Å²) < 4.78 is 5.43. The Balaban J connectivity index is 2.27. The summed E-state index contributed by atoms with van der Waals surface area (Å²) in [5.41, 5.74) is 0. The van der Waals surface area contributed by atoms with Crippen LogP contribution in [0.3, 0.4) is 0 Å². The van der Waals surface area contributed by atoms with Crippen molar-refractivity contribution in [1.29, 1.82) is 0 Å². The van der Waals surface area contributed by atoms with Crippen LogP contribution in [0.5, 0.6) is 5.88 Å². The highest BCUT2D eigenvalue weighted by Gasteiger charge is 1.98. The first-order chi connectivity index (χ1) is 8.36. The van der Waals surface area contributed by atoms with Crippen molar-refractivity contribution in [3.05, 3.63) is 12.3 Å². The van der Waals surface area contributed by atoms with Crippen LogP contribution < -0.4 is 15.4 Å². The fraction of sp³-hybridized carbons (Fsp3) is 0.667. The molecule has 17 heavy (non-hydrogen) atoms. The van der Waals surface area contributed by atoms with E-state index in [1.165, 1.54) is 0 Å². The fourth-order valence-corrected chi connectivity index (χ4v) is 1.28. The lowest BCUT2D eigenvalue weighted by atomic mass is 10.5. The maximum Gasteiger partial charge on any atom is 0.225 e. The molecule has 0 bridgehead atoms. The fourth-order valence-electron chi connectivity index (χ4n) is 1.28. The lowest BCUT2D eigenvalue weighted by Gasteiger charge is -2.07. The molecule has 96 valence electrons. The number of nitrogens with one attached hydrogen (secondary N) is 2. The quantitative estimate of drug-likeness (QED) is 0.641. The van der Waals surface area contributed by atoms with Gasteiger partial charge < -0.3 is 15.4 Å². The molecule has 0 atom stereocenters. The molecule has 0 saturated heterocycles. The molecule has 0 radical (unpaired) electrons. The van der Waals surface area contributed by atoms with Gasteiger partial charge in [-0.05, 0) is 19.4 Å². The van der Waals surface area contributed by atoms with Crippen molar-refractivity contribution in [1.82, 2.24) is 15.3 Å². The molecule has 5 heteroatoms. The highest BCUT2D eigenvalue weighted by molar-refractivity contribution is 5.27. The Morgan fingerprint density at radius 1 is 1.18 bits per heavy atom. The summed E-state index contributed by atoms with van der Waals surface area (Å²) in [5.74, 6) is 1.25. The average molecular weight is 238 g/mol. The third kappa shape index (κ3) is 6.06. The number of hydrogen-bond acceptors (Lipinski definition) is 5. The van der Waals surface area contributed by atoms with Crippen molar-refractivity contribution >= 4 is 5.95 Å². The van der Waals surface area contributed by atoms with Crippen LogP contribution in [0, 0.1) is 0 Å². The molecule has 0 aliphatic heterocycles. The van der Waals surface area contributed by atoms with Crippen molar-refractivity contribution in [2.24, 2.45) is 0 Å². The van der Waals surface area contributed by atoms with Gasteiger partial charge in [0.05, 0.1) is 6.61 Å². The summed E-state index contributed by atoms with van der Waals surface area (Å²) in [6.07, 6.45) is 3.84. The van der Waals surface area contributed by atoms with Crippen molar-refractivity contribution < 1.29 is 4.74 Å². The Hall–Kier alpha value is -1.36. The van der Waals surface area contributed by atoms with E-state index in [4.69, 9.17) is 4.74 Å². The van der Waals surface area contributed by atoms with E-state index in [1.807, 2.05) is 0 Å². The molecule has 1 heterocycles. The molecule has 2 N–H and O–H groups in total. The molecule has 0 amide bonds. The van der Waals surface area contributed by atoms with Gasteiger partial charge in [0.1, 0.15) is 0 Å². The van der Waals surface area contributed by atoms with E-state index in [-0.39, 0.29) is 0 Å². The molecular formula is C12H22N4O. The molecule has 0 fully saturated rings. The van der Waals surface area contributed by atoms with E-state index < -0.39 is 0 Å². The summed E-state index contributed by atoms with van der Waals surface area (Å²) in [5, 5.41) is 6.46. The van der Waals surface area contributed by atoms with Gasteiger partial charge in [0.2, 0.25) is 11.8 Å². The van der Waals surface area contributed by atoms with Gasteiger partial charge in [0.15, 0.2) is 0 Å². The molecule has 0 saturated carbocycles. The van der Waals surface area contributed by atoms with Crippen molar-refractivity contribution in [3.8, 4) is 5.88 Å².